The molecular weight excluding hydrogens is 254 g/mol. The van der Waals surface area contributed by atoms with Gasteiger partial charge in [0.2, 0.25) is 0 Å². The summed E-state index contributed by atoms with van der Waals surface area (Å²) in [5, 5.41) is 12.0. The van der Waals surface area contributed by atoms with Gasteiger partial charge in [0, 0.05) is 17.8 Å². The van der Waals surface area contributed by atoms with Crippen molar-refractivity contribution in [3.8, 4) is 17.1 Å². The maximum Gasteiger partial charge on any atom is 0.184 e. The topological polar surface area (TPSA) is 78.8 Å². The molecule has 6 heteroatoms. The fraction of sp³-hybridized carbons (Fsp3) is 0.500. The van der Waals surface area contributed by atoms with Crippen LogP contribution in [0.25, 0.3) is 11.4 Å². The van der Waals surface area contributed by atoms with Gasteiger partial charge in [-0.3, -0.25) is 0 Å². The lowest BCUT2D eigenvalue weighted by Gasteiger charge is -2.14. The van der Waals surface area contributed by atoms with Gasteiger partial charge in [-0.15, -0.1) is 5.10 Å². The van der Waals surface area contributed by atoms with E-state index in [4.69, 9.17) is 10.5 Å². The van der Waals surface area contributed by atoms with E-state index >= 15 is 0 Å². The average Bonchev–Trinajstić information content (AvgIpc) is 2.93. The Bertz CT molecular complexity index is 562. The third kappa shape index (κ3) is 2.89. The third-order valence-electron chi connectivity index (χ3n) is 3.62. The summed E-state index contributed by atoms with van der Waals surface area (Å²) in [6, 6.07) is 5.50. The molecular formula is C14H21N5O. The number of tetrazole rings is 1. The summed E-state index contributed by atoms with van der Waals surface area (Å²) in [5.74, 6) is 1.99. The van der Waals surface area contributed by atoms with Gasteiger partial charge in [0.05, 0.1) is 7.11 Å². The van der Waals surface area contributed by atoms with Crippen LogP contribution in [0.15, 0.2) is 18.2 Å². The first-order valence-electron chi connectivity index (χ1n) is 6.89. The van der Waals surface area contributed by atoms with Crippen molar-refractivity contribution >= 4 is 5.69 Å². The maximum absolute atomic E-state index is 6.04. The molecule has 0 saturated heterocycles. The number of hydrogen-bond acceptors (Lipinski definition) is 5. The van der Waals surface area contributed by atoms with Gasteiger partial charge < -0.3 is 10.5 Å². The first kappa shape index (κ1) is 14.3. The Hall–Kier alpha value is -2.11. The van der Waals surface area contributed by atoms with Crippen molar-refractivity contribution in [1.82, 2.24) is 20.2 Å². The molecule has 2 aromatic rings. The van der Waals surface area contributed by atoms with Gasteiger partial charge in [-0.2, -0.15) is 0 Å². The normalized spacial score (nSPS) is 11.0. The zero-order valence-electron chi connectivity index (χ0n) is 12.2. The van der Waals surface area contributed by atoms with Crippen molar-refractivity contribution < 1.29 is 4.74 Å². The largest absolute Gasteiger partial charge is 0.497 e. The number of nitrogen functional groups attached to an aromatic ring is 1. The molecule has 0 spiro atoms. The third-order valence-corrected chi connectivity index (χ3v) is 3.62. The number of hydrogen-bond donors (Lipinski definition) is 1. The smallest absolute Gasteiger partial charge is 0.184 e. The van der Waals surface area contributed by atoms with E-state index in [-0.39, 0.29) is 0 Å². The summed E-state index contributed by atoms with van der Waals surface area (Å²) in [4.78, 5) is 0. The summed E-state index contributed by atoms with van der Waals surface area (Å²) in [7, 11) is 1.63. The van der Waals surface area contributed by atoms with Crippen LogP contribution in [0.2, 0.25) is 0 Å². The van der Waals surface area contributed by atoms with Gasteiger partial charge in [-0.05, 0) is 34.5 Å². The van der Waals surface area contributed by atoms with Gasteiger partial charge >= 0.3 is 0 Å². The molecule has 1 aromatic carbocycles. The Kier molecular flexibility index (Phi) is 4.55. The highest BCUT2D eigenvalue weighted by Crippen LogP contribution is 2.28. The summed E-state index contributed by atoms with van der Waals surface area (Å²) >= 11 is 0. The molecule has 108 valence electrons. The van der Waals surface area contributed by atoms with Crippen molar-refractivity contribution in [3.63, 3.8) is 0 Å². The molecule has 0 aliphatic rings. The monoisotopic (exact) mass is 275 g/mol. The highest BCUT2D eigenvalue weighted by Gasteiger charge is 2.15. The van der Waals surface area contributed by atoms with Gasteiger partial charge in [0.1, 0.15) is 5.75 Å². The first-order chi connectivity index (χ1) is 9.69. The van der Waals surface area contributed by atoms with E-state index in [0.717, 1.165) is 30.7 Å². The maximum atomic E-state index is 6.04. The molecule has 1 heterocycles. The molecule has 0 aliphatic heterocycles. The molecule has 0 radical (unpaired) electrons. The molecule has 2 N–H and O–H groups in total. The molecule has 0 saturated carbocycles. The van der Waals surface area contributed by atoms with Crippen LogP contribution in [-0.4, -0.2) is 27.3 Å². The molecule has 2 rings (SSSR count). The lowest BCUT2D eigenvalue weighted by atomic mass is 10.0. The van der Waals surface area contributed by atoms with Crippen LogP contribution in [-0.2, 0) is 6.54 Å². The second kappa shape index (κ2) is 6.36. The van der Waals surface area contributed by atoms with Crippen molar-refractivity contribution in [1.29, 1.82) is 0 Å². The Labute approximate surface area is 118 Å². The first-order valence-corrected chi connectivity index (χ1v) is 6.89. The van der Waals surface area contributed by atoms with E-state index in [1.807, 2.05) is 22.9 Å². The van der Waals surface area contributed by atoms with Crippen LogP contribution < -0.4 is 10.5 Å². The number of nitrogens with zero attached hydrogens (tertiary/aromatic N) is 4. The van der Waals surface area contributed by atoms with Crippen molar-refractivity contribution in [3.05, 3.63) is 18.2 Å². The predicted octanol–water partition coefficient (Wildman–Crippen LogP) is 2.37. The molecule has 0 aliphatic carbocycles. The fourth-order valence-corrected chi connectivity index (χ4v) is 2.17. The van der Waals surface area contributed by atoms with Gasteiger partial charge in [0.25, 0.3) is 0 Å². The molecule has 6 nitrogen and oxygen atoms in total. The number of aromatic nitrogens is 4. The number of ether oxygens (including phenoxy) is 1. The lowest BCUT2D eigenvalue weighted by Crippen LogP contribution is -2.12. The summed E-state index contributed by atoms with van der Waals surface area (Å²) in [6.45, 7) is 5.15. The van der Waals surface area contributed by atoms with Gasteiger partial charge in [-0.1, -0.05) is 26.7 Å². The summed E-state index contributed by atoms with van der Waals surface area (Å²) in [6.07, 6.45) is 2.20. The highest BCUT2D eigenvalue weighted by molar-refractivity contribution is 5.73. The zero-order valence-corrected chi connectivity index (χ0v) is 12.2. The van der Waals surface area contributed by atoms with E-state index in [1.165, 1.54) is 0 Å². The van der Waals surface area contributed by atoms with Crippen LogP contribution in [0.5, 0.6) is 5.75 Å². The minimum Gasteiger partial charge on any atom is -0.497 e. The van der Waals surface area contributed by atoms with Crippen LogP contribution in [0.3, 0.4) is 0 Å². The number of methoxy groups -OCH3 is 1. The molecule has 20 heavy (non-hydrogen) atoms. The van der Waals surface area contributed by atoms with Crippen molar-refractivity contribution in [2.75, 3.05) is 12.8 Å². The quantitative estimate of drug-likeness (QED) is 0.819. The zero-order chi connectivity index (χ0) is 14.5. The number of nitrogens with two attached hydrogens (primary N) is 1. The molecule has 0 bridgehead atoms. The summed E-state index contributed by atoms with van der Waals surface area (Å²) in [5.41, 5.74) is 7.49. The second-order valence-electron chi connectivity index (χ2n) is 4.82. The minimum atomic E-state index is 0.559. The number of anilines is 1. The van der Waals surface area contributed by atoms with E-state index < -0.39 is 0 Å². The Morgan fingerprint density at radius 2 is 2.05 bits per heavy atom. The molecule has 0 amide bonds. The van der Waals surface area contributed by atoms with E-state index in [2.05, 4.69) is 29.4 Å². The Morgan fingerprint density at radius 1 is 1.30 bits per heavy atom. The van der Waals surface area contributed by atoms with Crippen LogP contribution in [0.4, 0.5) is 5.69 Å². The van der Waals surface area contributed by atoms with Gasteiger partial charge in [0.15, 0.2) is 5.82 Å². The lowest BCUT2D eigenvalue weighted by molar-refractivity contribution is 0.392. The van der Waals surface area contributed by atoms with E-state index in [9.17, 15) is 0 Å². The Morgan fingerprint density at radius 3 is 2.70 bits per heavy atom. The second-order valence-corrected chi connectivity index (χ2v) is 4.82. The van der Waals surface area contributed by atoms with Crippen molar-refractivity contribution in [2.45, 2.75) is 33.2 Å². The average molecular weight is 275 g/mol. The predicted molar refractivity (Wildman–Crippen MR) is 78.3 cm³/mol. The van der Waals surface area contributed by atoms with Crippen LogP contribution in [0, 0.1) is 5.92 Å². The standard InChI is InChI=1S/C14H21N5O/c1-4-10(5-2)9-19-14(16-17-18-19)12-8-11(20-3)6-7-13(12)15/h6-8,10H,4-5,9,15H2,1-3H3. The van der Waals surface area contributed by atoms with E-state index in [0.29, 0.717) is 17.4 Å². The summed E-state index contributed by atoms with van der Waals surface area (Å²) < 4.78 is 7.06. The number of rotatable bonds is 6. The fourth-order valence-electron chi connectivity index (χ4n) is 2.17. The number of benzene rings is 1. The van der Waals surface area contributed by atoms with Crippen LogP contribution in [0.1, 0.15) is 26.7 Å². The SMILES string of the molecule is CCC(CC)Cn1nnnc1-c1cc(OC)ccc1N. The Balaban J connectivity index is 2.36. The van der Waals surface area contributed by atoms with Crippen LogP contribution >= 0.6 is 0 Å². The van der Waals surface area contributed by atoms with Gasteiger partial charge in [-0.25, -0.2) is 4.68 Å². The molecule has 0 unspecified atom stereocenters. The molecule has 0 atom stereocenters. The molecule has 1 aromatic heterocycles. The van der Waals surface area contributed by atoms with E-state index in [1.54, 1.807) is 7.11 Å². The minimum absolute atomic E-state index is 0.559. The van der Waals surface area contributed by atoms with Crippen molar-refractivity contribution in [2.24, 2.45) is 5.92 Å². The highest BCUT2D eigenvalue weighted by atomic mass is 16.5. The molecule has 0 fully saturated rings.